The first-order valence-corrected chi connectivity index (χ1v) is 9.93. The van der Waals surface area contributed by atoms with E-state index in [2.05, 4.69) is 17.6 Å². The van der Waals surface area contributed by atoms with Crippen molar-refractivity contribution in [2.24, 2.45) is 5.92 Å². The van der Waals surface area contributed by atoms with Crippen molar-refractivity contribution in [1.29, 1.82) is 0 Å². The first-order valence-electron chi connectivity index (χ1n) is 9.93. The molecule has 158 valence electrons. The fourth-order valence-electron chi connectivity index (χ4n) is 2.94. The highest BCUT2D eigenvalue weighted by Gasteiger charge is 2.41. The SMILES string of the molecule is CCCCCCCC(=O)N[C@@H](C)C(=O)NCCCC(=O)C1CC(=O)N(O)C1=O. The highest BCUT2D eigenvalue weighted by molar-refractivity contribution is 6.13. The first-order chi connectivity index (χ1) is 13.3. The van der Waals surface area contributed by atoms with E-state index in [0.717, 1.165) is 32.1 Å². The van der Waals surface area contributed by atoms with Gasteiger partial charge >= 0.3 is 0 Å². The van der Waals surface area contributed by atoms with Crippen LogP contribution in [0.1, 0.15) is 71.6 Å². The lowest BCUT2D eigenvalue weighted by Crippen LogP contribution is -2.45. The van der Waals surface area contributed by atoms with E-state index in [1.54, 1.807) is 6.92 Å². The summed E-state index contributed by atoms with van der Waals surface area (Å²) < 4.78 is 0. The Morgan fingerprint density at radius 3 is 2.39 bits per heavy atom. The number of ketones is 1. The van der Waals surface area contributed by atoms with E-state index in [0.29, 0.717) is 12.8 Å². The minimum atomic E-state index is -1.14. The lowest BCUT2D eigenvalue weighted by atomic mass is 9.99. The van der Waals surface area contributed by atoms with E-state index in [9.17, 15) is 24.0 Å². The van der Waals surface area contributed by atoms with Crippen LogP contribution in [0.5, 0.6) is 0 Å². The molecular weight excluding hydrogens is 366 g/mol. The average molecular weight is 397 g/mol. The largest absolute Gasteiger partial charge is 0.354 e. The number of hydrogen-bond acceptors (Lipinski definition) is 6. The highest BCUT2D eigenvalue weighted by Crippen LogP contribution is 2.20. The number of imide groups is 1. The first kappa shape index (κ1) is 23.7. The number of carbonyl (C=O) groups is 5. The smallest absolute Gasteiger partial charge is 0.264 e. The molecule has 0 radical (unpaired) electrons. The Morgan fingerprint density at radius 2 is 1.79 bits per heavy atom. The van der Waals surface area contributed by atoms with Crippen molar-refractivity contribution in [2.45, 2.75) is 77.7 Å². The number of nitrogens with one attached hydrogen (secondary N) is 2. The van der Waals surface area contributed by atoms with Gasteiger partial charge in [-0.1, -0.05) is 32.6 Å². The van der Waals surface area contributed by atoms with Crippen LogP contribution in [0.3, 0.4) is 0 Å². The normalized spacial score (nSPS) is 17.5. The number of unbranched alkanes of at least 4 members (excludes halogenated alkanes) is 4. The monoisotopic (exact) mass is 397 g/mol. The molecule has 9 nitrogen and oxygen atoms in total. The molecule has 0 aromatic heterocycles. The van der Waals surface area contributed by atoms with Gasteiger partial charge in [0, 0.05) is 25.8 Å². The predicted molar refractivity (Wildman–Crippen MR) is 100.0 cm³/mol. The molecule has 9 heteroatoms. The molecule has 0 aliphatic carbocycles. The molecular formula is C19H31N3O6. The fourth-order valence-corrected chi connectivity index (χ4v) is 2.94. The van der Waals surface area contributed by atoms with E-state index in [1.165, 1.54) is 0 Å². The topological polar surface area (TPSA) is 133 Å². The molecule has 1 aliphatic heterocycles. The van der Waals surface area contributed by atoms with Gasteiger partial charge in [0.1, 0.15) is 17.7 Å². The number of amides is 4. The van der Waals surface area contributed by atoms with Crippen molar-refractivity contribution in [2.75, 3.05) is 6.54 Å². The minimum Gasteiger partial charge on any atom is -0.354 e. The maximum Gasteiger partial charge on any atom is 0.264 e. The molecule has 3 N–H and O–H groups in total. The molecule has 1 heterocycles. The van der Waals surface area contributed by atoms with Crippen LogP contribution in [0.2, 0.25) is 0 Å². The Kier molecular flexibility index (Phi) is 10.4. The van der Waals surface area contributed by atoms with Crippen molar-refractivity contribution in [3.8, 4) is 0 Å². The Balaban J connectivity index is 2.18. The van der Waals surface area contributed by atoms with Gasteiger partial charge in [0.15, 0.2) is 0 Å². The van der Waals surface area contributed by atoms with Gasteiger partial charge in [-0.2, -0.15) is 5.06 Å². The van der Waals surface area contributed by atoms with Crippen molar-refractivity contribution in [3.63, 3.8) is 0 Å². The summed E-state index contributed by atoms with van der Waals surface area (Å²) >= 11 is 0. The second-order valence-electron chi connectivity index (χ2n) is 7.11. The van der Waals surface area contributed by atoms with Gasteiger partial charge in [0.25, 0.3) is 11.8 Å². The van der Waals surface area contributed by atoms with Crippen LogP contribution in [0.4, 0.5) is 0 Å². The van der Waals surface area contributed by atoms with Crippen molar-refractivity contribution >= 4 is 29.4 Å². The van der Waals surface area contributed by atoms with Crippen LogP contribution in [-0.4, -0.2) is 52.3 Å². The van der Waals surface area contributed by atoms with Gasteiger partial charge in [-0.15, -0.1) is 0 Å². The molecule has 0 spiro atoms. The van der Waals surface area contributed by atoms with E-state index >= 15 is 0 Å². The average Bonchev–Trinajstić information content (AvgIpc) is 2.92. The molecule has 1 saturated heterocycles. The van der Waals surface area contributed by atoms with Crippen molar-refractivity contribution in [1.82, 2.24) is 15.7 Å². The summed E-state index contributed by atoms with van der Waals surface area (Å²) in [6.45, 7) is 3.92. The van der Waals surface area contributed by atoms with Gasteiger partial charge in [0.2, 0.25) is 11.8 Å². The number of hydrogen-bond donors (Lipinski definition) is 3. The number of hydroxylamine groups is 2. The molecule has 28 heavy (non-hydrogen) atoms. The molecule has 0 aromatic carbocycles. The molecule has 0 bridgehead atoms. The minimum absolute atomic E-state index is 0.0102. The molecule has 1 aliphatic rings. The summed E-state index contributed by atoms with van der Waals surface area (Å²) in [5.41, 5.74) is 0. The van der Waals surface area contributed by atoms with Crippen molar-refractivity contribution in [3.05, 3.63) is 0 Å². The van der Waals surface area contributed by atoms with Crippen LogP contribution in [0.25, 0.3) is 0 Å². The summed E-state index contributed by atoms with van der Waals surface area (Å²) in [6.07, 6.45) is 5.59. The van der Waals surface area contributed by atoms with Crippen LogP contribution < -0.4 is 10.6 Å². The molecule has 0 saturated carbocycles. The summed E-state index contributed by atoms with van der Waals surface area (Å²) in [4.78, 5) is 58.5. The molecule has 0 aromatic rings. The predicted octanol–water partition coefficient (Wildman–Crippen LogP) is 1.08. The third-order valence-corrected chi connectivity index (χ3v) is 4.69. The van der Waals surface area contributed by atoms with Crippen LogP contribution in [0.15, 0.2) is 0 Å². The molecule has 1 unspecified atom stereocenters. The molecule has 1 fully saturated rings. The molecule has 2 atom stereocenters. The molecule has 4 amide bonds. The second-order valence-corrected chi connectivity index (χ2v) is 7.11. The fraction of sp³-hybridized carbons (Fsp3) is 0.737. The quantitative estimate of drug-likeness (QED) is 0.184. The maximum absolute atomic E-state index is 12.0. The third kappa shape index (κ3) is 7.75. The zero-order valence-electron chi connectivity index (χ0n) is 16.7. The Hall–Kier alpha value is -2.29. The van der Waals surface area contributed by atoms with Gasteiger partial charge in [0.05, 0.1) is 0 Å². The van der Waals surface area contributed by atoms with Crippen molar-refractivity contribution < 1.29 is 29.2 Å². The van der Waals surface area contributed by atoms with Crippen LogP contribution in [0, 0.1) is 5.92 Å². The van der Waals surface area contributed by atoms with E-state index in [1.807, 2.05) is 0 Å². The van der Waals surface area contributed by atoms with Gasteiger partial charge in [-0.05, 0) is 19.8 Å². The number of nitrogens with zero attached hydrogens (tertiary/aromatic N) is 1. The summed E-state index contributed by atoms with van der Waals surface area (Å²) in [6, 6.07) is -0.671. The van der Waals surface area contributed by atoms with Crippen LogP contribution in [-0.2, 0) is 24.0 Å². The molecule has 1 rings (SSSR count). The van der Waals surface area contributed by atoms with E-state index in [4.69, 9.17) is 5.21 Å². The zero-order valence-corrected chi connectivity index (χ0v) is 16.7. The standard InChI is InChI=1S/C19H31N3O6/c1-3-4-5-6-7-10-16(24)21-13(2)18(26)20-11-8-9-15(23)14-12-17(25)22(28)19(14)27/h13-14,28H,3-12H2,1-2H3,(H,20,26)(H,21,24)/t13-,14?/m0/s1. The van der Waals surface area contributed by atoms with Gasteiger partial charge in [-0.25, -0.2) is 0 Å². The number of carbonyl (C=O) groups excluding carboxylic acids is 5. The summed E-state index contributed by atoms with van der Waals surface area (Å²) in [5.74, 6) is -3.76. The van der Waals surface area contributed by atoms with E-state index in [-0.39, 0.29) is 36.3 Å². The lowest BCUT2D eigenvalue weighted by Gasteiger charge is -2.14. The highest BCUT2D eigenvalue weighted by atomic mass is 16.5. The Labute approximate surface area is 165 Å². The maximum atomic E-state index is 12.0. The Bertz CT molecular complexity index is 592. The second kappa shape index (κ2) is 12.2. The number of rotatable bonds is 13. The zero-order chi connectivity index (χ0) is 21.1. The summed E-state index contributed by atoms with van der Waals surface area (Å²) in [7, 11) is 0. The Morgan fingerprint density at radius 1 is 1.11 bits per heavy atom. The van der Waals surface area contributed by atoms with E-state index < -0.39 is 29.6 Å². The third-order valence-electron chi connectivity index (χ3n) is 4.69. The summed E-state index contributed by atoms with van der Waals surface area (Å²) in [5, 5.41) is 14.4. The van der Waals surface area contributed by atoms with Crippen LogP contribution >= 0.6 is 0 Å². The number of Topliss-reactive ketones (excluding diaryl/α,β-unsaturated/α-hetero) is 1. The van der Waals surface area contributed by atoms with Gasteiger partial charge < -0.3 is 10.6 Å². The van der Waals surface area contributed by atoms with Gasteiger partial charge in [-0.3, -0.25) is 29.2 Å². The lowest BCUT2D eigenvalue weighted by molar-refractivity contribution is -0.172.